The number of nitro groups is 1. The van der Waals surface area contributed by atoms with E-state index < -0.39 is 28.2 Å². The van der Waals surface area contributed by atoms with Gasteiger partial charge in [0.05, 0.1) is 11.5 Å². The summed E-state index contributed by atoms with van der Waals surface area (Å²) >= 11 is 0. The fourth-order valence-electron chi connectivity index (χ4n) is 2.03. The number of nitrogens with zero attached hydrogens (tertiary/aromatic N) is 2. The van der Waals surface area contributed by atoms with Crippen molar-refractivity contribution < 1.29 is 28.7 Å². The van der Waals surface area contributed by atoms with Crippen LogP contribution in [0.5, 0.6) is 5.75 Å². The number of amides is 1. The van der Waals surface area contributed by atoms with Crippen LogP contribution in [0.3, 0.4) is 0 Å². The minimum Gasteiger partial charge on any atom is -0.492 e. The number of ether oxygens (including phenoxy) is 3. The Bertz CT molecular complexity index is 688. The van der Waals surface area contributed by atoms with Gasteiger partial charge in [-0.2, -0.15) is 0 Å². The van der Waals surface area contributed by atoms with Gasteiger partial charge in [-0.15, -0.1) is 0 Å². The van der Waals surface area contributed by atoms with Crippen molar-refractivity contribution in [2.24, 2.45) is 0 Å². The van der Waals surface area contributed by atoms with Gasteiger partial charge in [-0.1, -0.05) is 0 Å². The average Bonchev–Trinajstić information content (AvgIpc) is 2.51. The predicted octanol–water partition coefficient (Wildman–Crippen LogP) is 3.55. The number of carbonyl (C=O) groups is 2. The minimum atomic E-state index is -0.720. The molecule has 0 aliphatic carbocycles. The largest absolute Gasteiger partial charge is 0.492 e. The fourth-order valence-corrected chi connectivity index (χ4v) is 2.03. The number of non-ortho nitro benzene ring substituents is 1. The van der Waals surface area contributed by atoms with Gasteiger partial charge in [0.25, 0.3) is 5.69 Å². The van der Waals surface area contributed by atoms with Gasteiger partial charge >= 0.3 is 12.1 Å². The van der Waals surface area contributed by atoms with Gasteiger partial charge in [0, 0.05) is 12.1 Å². The minimum absolute atomic E-state index is 0.0485. The number of esters is 1. The maximum absolute atomic E-state index is 12.4. The predicted molar refractivity (Wildman–Crippen MR) is 102 cm³/mol. The molecule has 0 aliphatic heterocycles. The summed E-state index contributed by atoms with van der Waals surface area (Å²) in [5.41, 5.74) is -1.44. The van der Waals surface area contributed by atoms with Crippen molar-refractivity contribution in [3.8, 4) is 5.75 Å². The highest BCUT2D eigenvalue weighted by atomic mass is 16.6. The Balaban J connectivity index is 2.71. The summed E-state index contributed by atoms with van der Waals surface area (Å²) in [6, 6.07) is 5.57. The summed E-state index contributed by atoms with van der Waals surface area (Å²) in [4.78, 5) is 35.8. The molecular weight excluding hydrogens is 368 g/mol. The maximum Gasteiger partial charge on any atom is 0.410 e. The summed E-state index contributed by atoms with van der Waals surface area (Å²) in [6.07, 6.45) is -0.661. The van der Waals surface area contributed by atoms with E-state index in [0.29, 0.717) is 5.75 Å². The molecule has 0 bridgehead atoms. The second-order valence-corrected chi connectivity index (χ2v) is 8.09. The first-order valence-corrected chi connectivity index (χ1v) is 8.84. The highest BCUT2D eigenvalue weighted by molar-refractivity contribution is 5.78. The third kappa shape index (κ3) is 9.20. The van der Waals surface area contributed by atoms with E-state index in [-0.39, 0.29) is 25.4 Å². The zero-order valence-corrected chi connectivity index (χ0v) is 17.2. The SMILES string of the molecule is CC(C)(C)OC(=O)CN(CCOc1ccc([N+](=O)[O-])cc1)C(=O)OC(C)(C)C. The Morgan fingerprint density at radius 1 is 1.00 bits per heavy atom. The summed E-state index contributed by atoms with van der Waals surface area (Å²) in [6.45, 7) is 10.2. The Kier molecular flexibility index (Phi) is 7.78. The Morgan fingerprint density at radius 2 is 1.54 bits per heavy atom. The van der Waals surface area contributed by atoms with Crippen LogP contribution in [0.2, 0.25) is 0 Å². The molecule has 0 saturated carbocycles. The van der Waals surface area contributed by atoms with Gasteiger partial charge in [-0.05, 0) is 53.7 Å². The first kappa shape index (κ1) is 23.2. The van der Waals surface area contributed by atoms with E-state index in [2.05, 4.69) is 0 Å². The molecule has 1 aromatic carbocycles. The van der Waals surface area contributed by atoms with Crippen LogP contribution in [0.25, 0.3) is 0 Å². The molecule has 9 nitrogen and oxygen atoms in total. The van der Waals surface area contributed by atoms with Crippen LogP contribution in [0.15, 0.2) is 24.3 Å². The summed E-state index contributed by atoms with van der Waals surface area (Å²) in [7, 11) is 0. The lowest BCUT2D eigenvalue weighted by molar-refractivity contribution is -0.384. The van der Waals surface area contributed by atoms with Crippen molar-refractivity contribution in [3.63, 3.8) is 0 Å². The number of hydrogen-bond acceptors (Lipinski definition) is 7. The van der Waals surface area contributed by atoms with Crippen molar-refractivity contribution in [2.45, 2.75) is 52.7 Å². The van der Waals surface area contributed by atoms with Crippen LogP contribution in [-0.2, 0) is 14.3 Å². The van der Waals surface area contributed by atoms with E-state index in [9.17, 15) is 19.7 Å². The van der Waals surface area contributed by atoms with Crippen molar-refractivity contribution in [1.82, 2.24) is 4.90 Å². The van der Waals surface area contributed by atoms with Crippen molar-refractivity contribution in [2.75, 3.05) is 19.7 Å². The number of carbonyl (C=O) groups excluding carboxylic acids is 2. The quantitative estimate of drug-likeness (QED) is 0.394. The van der Waals surface area contributed by atoms with Crippen molar-refractivity contribution in [1.29, 1.82) is 0 Å². The molecule has 0 aliphatic rings. The monoisotopic (exact) mass is 396 g/mol. The van der Waals surface area contributed by atoms with Crippen LogP contribution in [-0.4, -0.2) is 52.8 Å². The molecule has 0 aromatic heterocycles. The molecule has 0 N–H and O–H groups in total. The van der Waals surface area contributed by atoms with Crippen LogP contribution >= 0.6 is 0 Å². The lowest BCUT2D eigenvalue weighted by atomic mass is 10.2. The van der Waals surface area contributed by atoms with E-state index in [0.717, 1.165) is 0 Å². The Morgan fingerprint density at radius 3 is 2.00 bits per heavy atom. The first-order chi connectivity index (χ1) is 12.8. The molecule has 0 heterocycles. The number of hydrogen-bond donors (Lipinski definition) is 0. The smallest absolute Gasteiger partial charge is 0.410 e. The van der Waals surface area contributed by atoms with Crippen LogP contribution in [0, 0.1) is 10.1 Å². The van der Waals surface area contributed by atoms with Crippen LogP contribution < -0.4 is 4.74 Å². The third-order valence-corrected chi connectivity index (χ3v) is 3.07. The lowest BCUT2D eigenvalue weighted by Gasteiger charge is -2.28. The van der Waals surface area contributed by atoms with E-state index >= 15 is 0 Å². The molecule has 0 fully saturated rings. The second-order valence-electron chi connectivity index (χ2n) is 8.09. The highest BCUT2D eigenvalue weighted by Crippen LogP contribution is 2.17. The molecule has 9 heteroatoms. The third-order valence-electron chi connectivity index (χ3n) is 3.07. The summed E-state index contributed by atoms with van der Waals surface area (Å²) < 4.78 is 16.1. The van der Waals surface area contributed by atoms with Gasteiger partial charge in [0.15, 0.2) is 0 Å². The molecule has 1 aromatic rings. The van der Waals surface area contributed by atoms with Gasteiger partial charge in [0.1, 0.15) is 30.1 Å². The molecule has 1 rings (SSSR count). The molecule has 0 saturated heterocycles. The molecule has 28 heavy (non-hydrogen) atoms. The Hall–Kier alpha value is -2.84. The van der Waals surface area contributed by atoms with E-state index in [1.165, 1.54) is 29.2 Å². The van der Waals surface area contributed by atoms with E-state index in [4.69, 9.17) is 14.2 Å². The second kappa shape index (κ2) is 9.38. The maximum atomic E-state index is 12.4. The van der Waals surface area contributed by atoms with Gasteiger partial charge in [-0.25, -0.2) is 4.79 Å². The molecule has 1 amide bonds. The molecule has 156 valence electrons. The zero-order valence-electron chi connectivity index (χ0n) is 17.2. The standard InChI is InChI=1S/C19H28N2O7/c1-18(2,3)27-16(22)13-20(17(23)28-19(4,5)6)11-12-26-15-9-7-14(8-10-15)21(24)25/h7-10H,11-13H2,1-6H3. The molecule has 0 spiro atoms. The van der Waals surface area contributed by atoms with Crippen LogP contribution in [0.4, 0.5) is 10.5 Å². The highest BCUT2D eigenvalue weighted by Gasteiger charge is 2.26. The van der Waals surface area contributed by atoms with Gasteiger partial charge < -0.3 is 14.2 Å². The fraction of sp³-hybridized carbons (Fsp3) is 0.579. The van der Waals surface area contributed by atoms with Crippen LogP contribution in [0.1, 0.15) is 41.5 Å². The van der Waals surface area contributed by atoms with E-state index in [1.807, 2.05) is 0 Å². The lowest BCUT2D eigenvalue weighted by Crippen LogP contribution is -2.43. The molecule has 0 unspecified atom stereocenters. The van der Waals surface area contributed by atoms with Gasteiger partial charge in [-0.3, -0.25) is 19.8 Å². The van der Waals surface area contributed by atoms with Gasteiger partial charge in [0.2, 0.25) is 0 Å². The summed E-state index contributed by atoms with van der Waals surface area (Å²) in [5.74, 6) is -0.152. The average molecular weight is 396 g/mol. The summed E-state index contributed by atoms with van der Waals surface area (Å²) in [5, 5.41) is 10.7. The number of benzene rings is 1. The molecule has 0 radical (unpaired) electrons. The van der Waals surface area contributed by atoms with Crippen molar-refractivity contribution >= 4 is 17.7 Å². The topological polar surface area (TPSA) is 108 Å². The normalized spacial score (nSPS) is 11.5. The molecular formula is C19H28N2O7. The first-order valence-electron chi connectivity index (χ1n) is 8.84. The molecule has 0 atom stereocenters. The zero-order chi connectivity index (χ0) is 21.5. The number of rotatable bonds is 7. The Labute approximate surface area is 164 Å². The van der Waals surface area contributed by atoms with Crippen molar-refractivity contribution in [3.05, 3.63) is 34.4 Å². The van der Waals surface area contributed by atoms with E-state index in [1.54, 1.807) is 41.5 Å². The number of nitro benzene ring substituents is 1.